The first-order chi connectivity index (χ1) is 13.9. The minimum absolute atomic E-state index is 0.0682. The Morgan fingerprint density at radius 3 is 2.55 bits per heavy atom. The number of hydrogen-bond acceptors (Lipinski definition) is 5. The predicted molar refractivity (Wildman–Crippen MR) is 97.7 cm³/mol. The van der Waals surface area contributed by atoms with Crippen molar-refractivity contribution in [1.82, 2.24) is 20.9 Å². The van der Waals surface area contributed by atoms with E-state index in [0.29, 0.717) is 11.3 Å². The lowest BCUT2D eigenvalue weighted by Crippen LogP contribution is -2.47. The topological polar surface area (TPSA) is 121 Å². The summed E-state index contributed by atoms with van der Waals surface area (Å²) in [6, 6.07) is 6.92. The monoisotopic (exact) mass is 402 g/mol. The highest BCUT2D eigenvalue weighted by Gasteiger charge is 2.51. The van der Waals surface area contributed by atoms with Crippen LogP contribution in [0.2, 0.25) is 0 Å². The Hall–Kier alpha value is -3.69. The van der Waals surface area contributed by atoms with Gasteiger partial charge < -0.3 is 15.1 Å². The van der Waals surface area contributed by atoms with Crippen LogP contribution in [-0.4, -0.2) is 35.3 Å². The van der Waals surface area contributed by atoms with Crippen molar-refractivity contribution in [2.45, 2.75) is 25.4 Å². The molecule has 0 aliphatic carbocycles. The van der Waals surface area contributed by atoms with E-state index >= 15 is 0 Å². The van der Waals surface area contributed by atoms with Gasteiger partial charge in [0.25, 0.3) is 5.91 Å². The number of hydrogen-bond donors (Lipinski definition) is 3. The predicted octanol–water partition coefficient (Wildman–Crippen LogP) is 1.60. The van der Waals surface area contributed by atoms with Crippen LogP contribution < -0.4 is 16.0 Å². The summed E-state index contributed by atoms with van der Waals surface area (Å²) in [6.45, 7) is 1.12. The summed E-state index contributed by atoms with van der Waals surface area (Å²) in [6.07, 6.45) is 1.64. The number of carbonyl (C=O) groups is 4. The van der Waals surface area contributed by atoms with Crippen LogP contribution in [0.3, 0.4) is 0 Å². The largest absolute Gasteiger partial charge is 0.467 e. The van der Waals surface area contributed by atoms with Gasteiger partial charge in [-0.25, -0.2) is 14.0 Å². The van der Waals surface area contributed by atoms with Crippen LogP contribution in [0.5, 0.6) is 0 Å². The van der Waals surface area contributed by atoms with E-state index in [1.54, 1.807) is 19.1 Å². The SMILES string of the molecule is CCC1(c2ccc(F)cc2)NC(=O)N(CC(=O)NC(=O)NCc2ccco2)C1=O. The van der Waals surface area contributed by atoms with Gasteiger partial charge in [-0.1, -0.05) is 19.1 Å². The number of rotatable bonds is 6. The molecule has 1 aromatic heterocycles. The fourth-order valence-electron chi connectivity index (χ4n) is 3.08. The van der Waals surface area contributed by atoms with Crippen LogP contribution in [0.1, 0.15) is 24.7 Å². The number of imide groups is 2. The van der Waals surface area contributed by atoms with Crippen molar-refractivity contribution in [2.24, 2.45) is 0 Å². The summed E-state index contributed by atoms with van der Waals surface area (Å²) in [5.74, 6) is -1.47. The average molecular weight is 402 g/mol. The molecule has 3 N–H and O–H groups in total. The molecule has 1 fully saturated rings. The Kier molecular flexibility index (Phi) is 5.62. The highest BCUT2D eigenvalue weighted by molar-refractivity contribution is 6.10. The molecule has 1 aliphatic heterocycles. The van der Waals surface area contributed by atoms with E-state index in [1.165, 1.54) is 30.5 Å². The standard InChI is InChI=1S/C19H19FN4O5/c1-2-19(12-5-7-13(20)8-6-12)16(26)24(18(28)23-19)11-15(25)22-17(27)21-10-14-4-3-9-29-14/h3-9H,2,10-11H2,1H3,(H,23,28)(H2,21,22,25,27). The maximum Gasteiger partial charge on any atom is 0.325 e. The summed E-state index contributed by atoms with van der Waals surface area (Å²) in [4.78, 5) is 49.9. The normalized spacial score (nSPS) is 18.5. The van der Waals surface area contributed by atoms with Crippen LogP contribution >= 0.6 is 0 Å². The van der Waals surface area contributed by atoms with Crippen LogP contribution in [0.4, 0.5) is 14.0 Å². The molecule has 6 amide bonds. The number of nitrogens with one attached hydrogen (secondary N) is 3. The van der Waals surface area contributed by atoms with Crippen molar-refractivity contribution in [3.05, 3.63) is 59.8 Å². The fourth-order valence-corrected chi connectivity index (χ4v) is 3.08. The number of nitrogens with zero attached hydrogens (tertiary/aromatic N) is 1. The summed E-state index contributed by atoms with van der Waals surface area (Å²) in [5.41, 5.74) is -0.995. The minimum Gasteiger partial charge on any atom is -0.467 e. The summed E-state index contributed by atoms with van der Waals surface area (Å²) in [7, 11) is 0. The number of carbonyl (C=O) groups excluding carboxylic acids is 4. The Morgan fingerprint density at radius 2 is 1.93 bits per heavy atom. The molecule has 152 valence electrons. The quantitative estimate of drug-likeness (QED) is 0.634. The highest BCUT2D eigenvalue weighted by Crippen LogP contribution is 2.32. The van der Waals surface area contributed by atoms with Crippen LogP contribution in [0.15, 0.2) is 47.1 Å². The molecule has 3 rings (SSSR count). The van der Waals surface area contributed by atoms with Gasteiger partial charge in [0.1, 0.15) is 23.7 Å². The lowest BCUT2D eigenvalue weighted by atomic mass is 9.87. The minimum atomic E-state index is -1.40. The molecule has 0 radical (unpaired) electrons. The van der Waals surface area contributed by atoms with Crippen molar-refractivity contribution in [1.29, 1.82) is 0 Å². The second kappa shape index (κ2) is 8.13. The maximum atomic E-state index is 13.2. The van der Waals surface area contributed by atoms with E-state index in [9.17, 15) is 23.6 Å². The van der Waals surface area contributed by atoms with Gasteiger partial charge in [0.15, 0.2) is 0 Å². The van der Waals surface area contributed by atoms with Gasteiger partial charge in [-0.05, 0) is 36.2 Å². The van der Waals surface area contributed by atoms with E-state index in [2.05, 4.69) is 10.6 Å². The maximum absolute atomic E-state index is 13.2. The van der Waals surface area contributed by atoms with Gasteiger partial charge in [0.05, 0.1) is 12.8 Å². The first kappa shape index (κ1) is 20.1. The van der Waals surface area contributed by atoms with E-state index in [4.69, 9.17) is 4.42 Å². The van der Waals surface area contributed by atoms with Gasteiger partial charge in [-0.3, -0.25) is 19.8 Å². The highest BCUT2D eigenvalue weighted by atomic mass is 19.1. The van der Waals surface area contributed by atoms with E-state index in [0.717, 1.165) is 4.90 Å². The van der Waals surface area contributed by atoms with Crippen LogP contribution in [-0.2, 0) is 21.7 Å². The van der Waals surface area contributed by atoms with Gasteiger partial charge in [0, 0.05) is 0 Å². The molecule has 0 spiro atoms. The zero-order valence-corrected chi connectivity index (χ0v) is 15.5. The van der Waals surface area contributed by atoms with Crippen LogP contribution in [0, 0.1) is 5.82 Å². The second-order valence-corrected chi connectivity index (χ2v) is 6.40. The van der Waals surface area contributed by atoms with E-state index in [-0.39, 0.29) is 13.0 Å². The lowest BCUT2D eigenvalue weighted by Gasteiger charge is -2.25. The number of benzene rings is 1. The van der Waals surface area contributed by atoms with E-state index in [1.807, 2.05) is 5.32 Å². The van der Waals surface area contributed by atoms with Gasteiger partial charge in [-0.2, -0.15) is 0 Å². The number of furan rings is 1. The molecule has 2 heterocycles. The molecule has 9 nitrogen and oxygen atoms in total. The number of urea groups is 2. The van der Waals surface area contributed by atoms with Crippen molar-refractivity contribution in [3.8, 4) is 0 Å². The first-order valence-corrected chi connectivity index (χ1v) is 8.86. The first-order valence-electron chi connectivity index (χ1n) is 8.86. The molecule has 1 unspecified atom stereocenters. The molecule has 1 aromatic carbocycles. The summed E-state index contributed by atoms with van der Waals surface area (Å²) >= 11 is 0. The Labute approximate surface area is 165 Å². The van der Waals surface area contributed by atoms with Crippen molar-refractivity contribution in [3.63, 3.8) is 0 Å². The zero-order chi connectivity index (χ0) is 21.0. The lowest BCUT2D eigenvalue weighted by molar-refractivity contribution is -0.135. The van der Waals surface area contributed by atoms with Gasteiger partial charge in [-0.15, -0.1) is 0 Å². The van der Waals surface area contributed by atoms with Gasteiger partial charge >= 0.3 is 12.1 Å². The Bertz CT molecular complexity index is 929. The van der Waals surface area contributed by atoms with Crippen molar-refractivity contribution >= 4 is 23.9 Å². The molecule has 29 heavy (non-hydrogen) atoms. The molecule has 0 saturated carbocycles. The third-order valence-corrected chi connectivity index (χ3v) is 4.60. The molecule has 0 bridgehead atoms. The zero-order valence-electron chi connectivity index (χ0n) is 15.5. The summed E-state index contributed by atoms with van der Waals surface area (Å²) < 4.78 is 18.3. The molecular weight excluding hydrogens is 383 g/mol. The fraction of sp³-hybridized carbons (Fsp3) is 0.263. The molecule has 10 heteroatoms. The van der Waals surface area contributed by atoms with Crippen LogP contribution in [0.25, 0.3) is 0 Å². The second-order valence-electron chi connectivity index (χ2n) is 6.40. The molecule has 2 aromatic rings. The van der Waals surface area contributed by atoms with Gasteiger partial charge in [0.2, 0.25) is 5.91 Å². The average Bonchev–Trinajstić information content (AvgIpc) is 3.29. The van der Waals surface area contributed by atoms with Crippen molar-refractivity contribution in [2.75, 3.05) is 6.54 Å². The molecule has 1 aliphatic rings. The molecule has 1 saturated heterocycles. The Morgan fingerprint density at radius 1 is 1.21 bits per heavy atom. The number of halogens is 1. The third kappa shape index (κ3) is 4.10. The molecule has 1 atom stereocenters. The van der Waals surface area contributed by atoms with Crippen molar-refractivity contribution < 1.29 is 28.0 Å². The third-order valence-electron chi connectivity index (χ3n) is 4.60. The van der Waals surface area contributed by atoms with E-state index < -0.39 is 41.8 Å². The number of amides is 6. The summed E-state index contributed by atoms with van der Waals surface area (Å²) in [5, 5.41) is 7.04. The Balaban J connectivity index is 1.63. The smallest absolute Gasteiger partial charge is 0.325 e. The molecular formula is C19H19FN4O5.